The van der Waals surface area contributed by atoms with E-state index in [0.717, 1.165) is 22.8 Å². The number of aromatic nitrogens is 2. The van der Waals surface area contributed by atoms with Gasteiger partial charge in [-0.25, -0.2) is 4.79 Å². The van der Waals surface area contributed by atoms with E-state index in [-0.39, 0.29) is 5.69 Å². The maximum atomic E-state index is 12.2. The molecule has 3 N–H and O–H groups in total. The number of carboxylic acids is 1. The number of rotatable bonds is 6. The molecule has 6 nitrogen and oxygen atoms in total. The molecular weight excluding hydrogens is 338 g/mol. The summed E-state index contributed by atoms with van der Waals surface area (Å²) in [5.74, 6) is -1.51. The standard InChI is InChI=1S/C14H16BrN3O3/c1-2-3-4-11(14(20)21)16-13(19)12-9-7-8(15)5-6-10(9)17-18-12/h5-7,11H,2-4H2,1H3,(H,16,19)(H,17,18)(H,20,21). The van der Waals surface area contributed by atoms with Gasteiger partial charge < -0.3 is 10.4 Å². The number of halogens is 1. The van der Waals surface area contributed by atoms with Crippen molar-refractivity contribution >= 4 is 38.7 Å². The molecule has 0 aliphatic carbocycles. The van der Waals surface area contributed by atoms with Crippen LogP contribution in [0.2, 0.25) is 0 Å². The summed E-state index contributed by atoms with van der Waals surface area (Å²) in [4.78, 5) is 23.4. The molecule has 21 heavy (non-hydrogen) atoms. The van der Waals surface area contributed by atoms with E-state index in [1.807, 2.05) is 13.0 Å². The maximum Gasteiger partial charge on any atom is 0.326 e. The minimum atomic E-state index is -1.03. The molecule has 1 unspecified atom stereocenters. The Morgan fingerprint density at radius 3 is 2.90 bits per heavy atom. The molecule has 0 fully saturated rings. The highest BCUT2D eigenvalue weighted by atomic mass is 79.9. The summed E-state index contributed by atoms with van der Waals surface area (Å²) >= 11 is 3.34. The number of fused-ring (bicyclic) bond motifs is 1. The van der Waals surface area contributed by atoms with Gasteiger partial charge in [0.05, 0.1) is 5.52 Å². The minimum Gasteiger partial charge on any atom is -0.480 e. The van der Waals surface area contributed by atoms with Gasteiger partial charge in [-0.3, -0.25) is 9.89 Å². The smallest absolute Gasteiger partial charge is 0.326 e. The number of hydrogen-bond donors (Lipinski definition) is 3. The lowest BCUT2D eigenvalue weighted by atomic mass is 10.1. The Morgan fingerprint density at radius 1 is 1.48 bits per heavy atom. The second kappa shape index (κ2) is 6.71. The zero-order valence-corrected chi connectivity index (χ0v) is 13.1. The molecule has 1 aromatic heterocycles. The van der Waals surface area contributed by atoms with E-state index in [1.54, 1.807) is 12.1 Å². The summed E-state index contributed by atoms with van der Waals surface area (Å²) in [5.41, 5.74) is 0.929. The van der Waals surface area contributed by atoms with Crippen molar-refractivity contribution in [1.82, 2.24) is 15.5 Å². The number of carboxylic acid groups (broad SMARTS) is 1. The Hall–Kier alpha value is -1.89. The first-order valence-corrected chi connectivity index (χ1v) is 7.49. The zero-order valence-electron chi connectivity index (χ0n) is 11.5. The van der Waals surface area contributed by atoms with Crippen LogP contribution in [0, 0.1) is 0 Å². The number of aromatic amines is 1. The third kappa shape index (κ3) is 3.60. The number of carbonyl (C=O) groups excluding carboxylic acids is 1. The molecule has 0 radical (unpaired) electrons. The summed E-state index contributed by atoms with van der Waals surface area (Å²) in [6.07, 6.45) is 2.02. The van der Waals surface area contributed by atoms with Gasteiger partial charge in [0.25, 0.3) is 5.91 Å². The lowest BCUT2D eigenvalue weighted by molar-refractivity contribution is -0.139. The molecule has 0 spiro atoms. The van der Waals surface area contributed by atoms with Crippen LogP contribution in [0.4, 0.5) is 0 Å². The molecule has 0 saturated heterocycles. The lowest BCUT2D eigenvalue weighted by Crippen LogP contribution is -2.40. The molecule has 1 aromatic carbocycles. The van der Waals surface area contributed by atoms with Crippen LogP contribution in [-0.2, 0) is 4.79 Å². The molecule has 7 heteroatoms. The zero-order chi connectivity index (χ0) is 15.4. The third-order valence-electron chi connectivity index (χ3n) is 3.19. The molecule has 1 atom stereocenters. The van der Waals surface area contributed by atoms with Gasteiger partial charge in [-0.15, -0.1) is 0 Å². The van der Waals surface area contributed by atoms with Gasteiger partial charge in [0.1, 0.15) is 6.04 Å². The van der Waals surface area contributed by atoms with E-state index < -0.39 is 17.9 Å². The van der Waals surface area contributed by atoms with E-state index in [0.29, 0.717) is 11.8 Å². The van der Waals surface area contributed by atoms with E-state index in [2.05, 4.69) is 31.4 Å². The van der Waals surface area contributed by atoms with Crippen LogP contribution in [0.5, 0.6) is 0 Å². The Labute approximate surface area is 130 Å². The lowest BCUT2D eigenvalue weighted by Gasteiger charge is -2.13. The van der Waals surface area contributed by atoms with Crippen molar-refractivity contribution in [2.24, 2.45) is 0 Å². The van der Waals surface area contributed by atoms with Gasteiger partial charge in [-0.1, -0.05) is 35.7 Å². The number of hydrogen-bond acceptors (Lipinski definition) is 3. The monoisotopic (exact) mass is 353 g/mol. The van der Waals surface area contributed by atoms with Gasteiger partial charge in [0, 0.05) is 9.86 Å². The summed E-state index contributed by atoms with van der Waals surface area (Å²) in [6.45, 7) is 1.97. The normalized spacial score (nSPS) is 12.3. The number of unbranched alkanes of at least 4 members (excludes halogenated alkanes) is 1. The fraction of sp³-hybridized carbons (Fsp3) is 0.357. The first-order chi connectivity index (χ1) is 10.0. The van der Waals surface area contributed by atoms with Gasteiger partial charge >= 0.3 is 5.97 Å². The van der Waals surface area contributed by atoms with Crippen molar-refractivity contribution in [3.8, 4) is 0 Å². The van der Waals surface area contributed by atoms with E-state index in [9.17, 15) is 9.59 Å². The summed E-state index contributed by atoms with van der Waals surface area (Å²) in [5, 5.41) is 19.1. The summed E-state index contributed by atoms with van der Waals surface area (Å²) in [7, 11) is 0. The molecule has 0 aliphatic heterocycles. The summed E-state index contributed by atoms with van der Waals surface area (Å²) < 4.78 is 0.825. The molecule has 0 saturated carbocycles. The minimum absolute atomic E-state index is 0.203. The van der Waals surface area contributed by atoms with E-state index in [1.165, 1.54) is 0 Å². The molecule has 112 valence electrons. The summed E-state index contributed by atoms with van der Waals surface area (Å²) in [6, 6.07) is 4.52. The largest absolute Gasteiger partial charge is 0.480 e. The predicted octanol–water partition coefficient (Wildman–Crippen LogP) is 2.70. The highest BCUT2D eigenvalue weighted by Gasteiger charge is 2.22. The molecule has 2 aromatic rings. The molecule has 1 amide bonds. The third-order valence-corrected chi connectivity index (χ3v) is 3.68. The van der Waals surface area contributed by atoms with Crippen LogP contribution in [0.25, 0.3) is 10.9 Å². The fourth-order valence-corrected chi connectivity index (χ4v) is 2.41. The van der Waals surface area contributed by atoms with Crippen molar-refractivity contribution in [1.29, 1.82) is 0 Å². The van der Waals surface area contributed by atoms with Gasteiger partial charge in [0.15, 0.2) is 5.69 Å². The highest BCUT2D eigenvalue weighted by Crippen LogP contribution is 2.21. The van der Waals surface area contributed by atoms with Crippen LogP contribution in [0.1, 0.15) is 36.7 Å². The Bertz CT molecular complexity index is 669. The Balaban J connectivity index is 2.21. The first kappa shape index (κ1) is 15.5. The van der Waals surface area contributed by atoms with Crippen molar-refractivity contribution in [3.05, 3.63) is 28.4 Å². The molecule has 1 heterocycles. The number of aliphatic carboxylic acids is 1. The van der Waals surface area contributed by atoms with Crippen molar-refractivity contribution in [2.45, 2.75) is 32.2 Å². The van der Waals surface area contributed by atoms with E-state index >= 15 is 0 Å². The van der Waals surface area contributed by atoms with Crippen molar-refractivity contribution in [3.63, 3.8) is 0 Å². The first-order valence-electron chi connectivity index (χ1n) is 6.70. The van der Waals surface area contributed by atoms with Gasteiger partial charge in [-0.2, -0.15) is 5.10 Å². The van der Waals surface area contributed by atoms with E-state index in [4.69, 9.17) is 5.11 Å². The highest BCUT2D eigenvalue weighted by molar-refractivity contribution is 9.10. The van der Waals surface area contributed by atoms with Crippen LogP contribution >= 0.6 is 15.9 Å². The molecule has 0 aliphatic rings. The van der Waals surface area contributed by atoms with Crippen molar-refractivity contribution < 1.29 is 14.7 Å². The number of H-pyrrole nitrogens is 1. The number of carbonyl (C=O) groups is 2. The number of benzene rings is 1. The number of nitrogens with zero attached hydrogens (tertiary/aromatic N) is 1. The second-order valence-corrected chi connectivity index (χ2v) is 5.68. The quantitative estimate of drug-likeness (QED) is 0.743. The average Bonchev–Trinajstić information content (AvgIpc) is 2.85. The molecule has 0 bridgehead atoms. The van der Waals surface area contributed by atoms with Gasteiger partial charge in [-0.05, 0) is 24.6 Å². The number of amides is 1. The van der Waals surface area contributed by atoms with Gasteiger partial charge in [0.2, 0.25) is 0 Å². The molecular formula is C14H16BrN3O3. The number of nitrogens with one attached hydrogen (secondary N) is 2. The Kier molecular flexibility index (Phi) is 4.95. The fourth-order valence-electron chi connectivity index (χ4n) is 2.05. The predicted molar refractivity (Wildman–Crippen MR) is 82.2 cm³/mol. The average molecular weight is 354 g/mol. The Morgan fingerprint density at radius 2 is 2.24 bits per heavy atom. The second-order valence-electron chi connectivity index (χ2n) is 4.77. The van der Waals surface area contributed by atoms with Crippen molar-refractivity contribution in [2.75, 3.05) is 0 Å². The van der Waals surface area contributed by atoms with Crippen LogP contribution < -0.4 is 5.32 Å². The van der Waals surface area contributed by atoms with Crippen LogP contribution in [-0.4, -0.2) is 33.2 Å². The van der Waals surface area contributed by atoms with Crippen LogP contribution in [0.3, 0.4) is 0 Å². The topological polar surface area (TPSA) is 95.1 Å². The molecule has 2 rings (SSSR count). The van der Waals surface area contributed by atoms with Crippen LogP contribution in [0.15, 0.2) is 22.7 Å². The maximum absolute atomic E-state index is 12.2. The SMILES string of the molecule is CCCCC(NC(=O)c1n[nH]c2ccc(Br)cc12)C(=O)O.